The summed E-state index contributed by atoms with van der Waals surface area (Å²) < 4.78 is 0. The molecule has 2 aliphatic rings. The number of allylic oxidation sites excluding steroid dienone is 2. The molecule has 4 rings (SSSR count). The van der Waals surface area contributed by atoms with E-state index in [1.807, 2.05) is 11.4 Å². The molecular formula is C19H22N4OS2. The summed E-state index contributed by atoms with van der Waals surface area (Å²) in [5.41, 5.74) is 8.96. The van der Waals surface area contributed by atoms with Crippen molar-refractivity contribution in [2.24, 2.45) is 5.41 Å². The van der Waals surface area contributed by atoms with Crippen LogP contribution in [0.3, 0.4) is 0 Å². The molecule has 0 fully saturated rings. The molecule has 1 aliphatic carbocycles. The van der Waals surface area contributed by atoms with Gasteiger partial charge in [-0.15, -0.1) is 11.3 Å². The van der Waals surface area contributed by atoms with E-state index in [-0.39, 0.29) is 17.1 Å². The largest absolute Gasteiger partial charge is 0.383 e. The lowest BCUT2D eigenvalue weighted by atomic mass is 9.70. The Morgan fingerprint density at radius 2 is 2.19 bits per heavy atom. The number of anilines is 2. The summed E-state index contributed by atoms with van der Waals surface area (Å²) in [5.74, 6) is 2.10. The van der Waals surface area contributed by atoms with E-state index in [4.69, 9.17) is 10.7 Å². The van der Waals surface area contributed by atoms with Gasteiger partial charge in [0.05, 0.1) is 5.92 Å². The molecule has 5 nitrogen and oxygen atoms in total. The Hall–Kier alpha value is -1.86. The second-order valence-corrected chi connectivity index (χ2v) is 9.70. The van der Waals surface area contributed by atoms with Crippen molar-refractivity contribution in [3.05, 3.63) is 39.2 Å². The fourth-order valence-electron chi connectivity index (χ4n) is 3.85. The fraction of sp³-hybridized carbons (Fsp3) is 0.421. The third kappa shape index (κ3) is 2.93. The van der Waals surface area contributed by atoms with E-state index >= 15 is 0 Å². The zero-order chi connectivity index (χ0) is 18.5. The molecule has 0 aromatic carbocycles. The van der Waals surface area contributed by atoms with Crippen LogP contribution in [0.25, 0.3) is 0 Å². The lowest BCUT2D eigenvalue weighted by Gasteiger charge is -2.38. The van der Waals surface area contributed by atoms with Crippen molar-refractivity contribution < 1.29 is 4.79 Å². The summed E-state index contributed by atoms with van der Waals surface area (Å²) in [6.07, 6.45) is 1.38. The molecule has 0 spiro atoms. The van der Waals surface area contributed by atoms with Crippen molar-refractivity contribution in [3.63, 3.8) is 0 Å². The third-order valence-electron chi connectivity index (χ3n) is 4.82. The predicted octanol–water partition coefficient (Wildman–Crippen LogP) is 4.43. The summed E-state index contributed by atoms with van der Waals surface area (Å²) in [7, 11) is 0. The van der Waals surface area contributed by atoms with Gasteiger partial charge >= 0.3 is 0 Å². The average Bonchev–Trinajstić information content (AvgIpc) is 3.06. The van der Waals surface area contributed by atoms with Gasteiger partial charge in [-0.25, -0.2) is 9.97 Å². The lowest BCUT2D eigenvalue weighted by Crippen LogP contribution is -2.34. The molecule has 1 aliphatic heterocycles. The SMILES string of the molecule is CCSc1nc(N)c2c(n1)NC1=C(C(=O)CC(C)(C)C1)[C@@H]2c1cccs1. The standard InChI is InChI=1S/C19H22N4OS2/c1-4-25-18-22-16(20)15-14(12-6-5-7-26-12)13-10(21-17(15)23-18)8-19(2,3)9-11(13)24/h5-7,14H,4,8-9H2,1-3H3,(H3,20,21,22,23)/t14-/m0/s1. The maximum atomic E-state index is 13.1. The van der Waals surface area contributed by atoms with Gasteiger partial charge in [0.1, 0.15) is 11.6 Å². The highest BCUT2D eigenvalue weighted by atomic mass is 32.2. The van der Waals surface area contributed by atoms with E-state index in [1.54, 1.807) is 23.1 Å². The number of nitrogens with two attached hydrogens (primary N) is 1. The number of Topliss-reactive ketones (excluding diaryl/α,β-unsaturated/α-hetero) is 1. The van der Waals surface area contributed by atoms with E-state index in [0.29, 0.717) is 17.4 Å². The maximum absolute atomic E-state index is 13.1. The van der Waals surface area contributed by atoms with Crippen molar-refractivity contribution in [2.45, 2.75) is 44.7 Å². The normalized spacial score (nSPS) is 21.2. The molecule has 0 unspecified atom stereocenters. The Morgan fingerprint density at radius 1 is 1.38 bits per heavy atom. The van der Waals surface area contributed by atoms with E-state index in [1.165, 1.54) is 0 Å². The Bertz CT molecular complexity index is 903. The van der Waals surface area contributed by atoms with E-state index in [2.05, 4.69) is 37.1 Å². The van der Waals surface area contributed by atoms with Crippen LogP contribution in [0, 0.1) is 5.41 Å². The van der Waals surface area contributed by atoms with Crippen LogP contribution >= 0.6 is 23.1 Å². The monoisotopic (exact) mass is 386 g/mol. The van der Waals surface area contributed by atoms with Crippen LogP contribution in [0.5, 0.6) is 0 Å². The number of carbonyl (C=O) groups is 1. The van der Waals surface area contributed by atoms with Crippen LogP contribution in [-0.4, -0.2) is 21.5 Å². The van der Waals surface area contributed by atoms with Gasteiger partial charge in [-0.1, -0.05) is 38.6 Å². The van der Waals surface area contributed by atoms with Crippen LogP contribution in [0.1, 0.15) is 50.0 Å². The number of thioether (sulfide) groups is 1. The topological polar surface area (TPSA) is 80.9 Å². The van der Waals surface area contributed by atoms with E-state index < -0.39 is 0 Å². The molecule has 2 aromatic heterocycles. The number of nitrogens with one attached hydrogen (secondary N) is 1. The number of hydrogen-bond donors (Lipinski definition) is 2. The van der Waals surface area contributed by atoms with Crippen LogP contribution < -0.4 is 11.1 Å². The minimum absolute atomic E-state index is 0.0556. The average molecular weight is 387 g/mol. The summed E-state index contributed by atoms with van der Waals surface area (Å²) >= 11 is 3.21. The number of nitrogens with zero attached hydrogens (tertiary/aromatic N) is 2. The minimum atomic E-state index is -0.175. The van der Waals surface area contributed by atoms with Gasteiger partial charge in [0.15, 0.2) is 10.9 Å². The predicted molar refractivity (Wildman–Crippen MR) is 108 cm³/mol. The highest BCUT2D eigenvalue weighted by Gasteiger charge is 2.42. The Labute approximate surface area is 161 Å². The Kier molecular flexibility index (Phi) is 4.31. The number of rotatable bonds is 3. The molecule has 3 N–H and O–H groups in total. The molecule has 0 amide bonds. The summed E-state index contributed by atoms with van der Waals surface area (Å²) in [5, 5.41) is 6.14. The number of fused-ring (bicyclic) bond motifs is 1. The summed E-state index contributed by atoms with van der Waals surface area (Å²) in [4.78, 5) is 23.4. The zero-order valence-corrected chi connectivity index (χ0v) is 16.8. The molecular weight excluding hydrogens is 364 g/mol. The first-order valence-electron chi connectivity index (χ1n) is 8.76. The first-order valence-corrected chi connectivity index (χ1v) is 10.6. The second kappa shape index (κ2) is 6.39. The van der Waals surface area contributed by atoms with Gasteiger partial charge in [0.2, 0.25) is 0 Å². The molecule has 7 heteroatoms. The number of carbonyl (C=O) groups excluding carboxylic acids is 1. The van der Waals surface area contributed by atoms with Gasteiger partial charge in [0.25, 0.3) is 0 Å². The number of aromatic nitrogens is 2. The Balaban J connectivity index is 1.92. The molecule has 0 saturated carbocycles. The van der Waals surface area contributed by atoms with Crippen LogP contribution in [-0.2, 0) is 4.79 Å². The van der Waals surface area contributed by atoms with Crippen molar-refractivity contribution in [1.82, 2.24) is 9.97 Å². The van der Waals surface area contributed by atoms with E-state index in [0.717, 1.165) is 39.7 Å². The highest BCUT2D eigenvalue weighted by Crippen LogP contribution is 2.50. The third-order valence-corrected chi connectivity index (χ3v) is 6.49. The van der Waals surface area contributed by atoms with Crippen molar-refractivity contribution in [3.8, 4) is 0 Å². The molecule has 0 saturated heterocycles. The minimum Gasteiger partial charge on any atom is -0.383 e. The molecule has 136 valence electrons. The van der Waals surface area contributed by atoms with Crippen molar-refractivity contribution in [1.29, 1.82) is 0 Å². The summed E-state index contributed by atoms with van der Waals surface area (Å²) in [6, 6.07) is 4.08. The number of nitrogen functional groups attached to an aromatic ring is 1. The first-order chi connectivity index (χ1) is 12.4. The molecule has 26 heavy (non-hydrogen) atoms. The fourth-order valence-corrected chi connectivity index (χ4v) is 5.27. The number of thiophene rings is 1. The lowest BCUT2D eigenvalue weighted by molar-refractivity contribution is -0.118. The summed E-state index contributed by atoms with van der Waals surface area (Å²) in [6.45, 7) is 6.34. The van der Waals surface area contributed by atoms with Gasteiger partial charge in [0, 0.05) is 28.1 Å². The maximum Gasteiger partial charge on any atom is 0.191 e. The molecule has 3 heterocycles. The van der Waals surface area contributed by atoms with Gasteiger partial charge in [-0.2, -0.15) is 0 Å². The quantitative estimate of drug-likeness (QED) is 0.600. The molecule has 0 radical (unpaired) electrons. The van der Waals surface area contributed by atoms with Crippen molar-refractivity contribution in [2.75, 3.05) is 16.8 Å². The van der Waals surface area contributed by atoms with E-state index in [9.17, 15) is 4.79 Å². The number of ketones is 1. The highest BCUT2D eigenvalue weighted by molar-refractivity contribution is 7.99. The smallest absolute Gasteiger partial charge is 0.191 e. The molecule has 0 bridgehead atoms. The van der Waals surface area contributed by atoms with Gasteiger partial charge < -0.3 is 11.1 Å². The number of hydrogen-bond acceptors (Lipinski definition) is 7. The second-order valence-electron chi connectivity index (χ2n) is 7.49. The van der Waals surface area contributed by atoms with Crippen LogP contribution in [0.2, 0.25) is 0 Å². The van der Waals surface area contributed by atoms with Crippen molar-refractivity contribution >= 4 is 40.5 Å². The van der Waals surface area contributed by atoms with Crippen LogP contribution in [0.4, 0.5) is 11.6 Å². The molecule has 2 aromatic rings. The first kappa shape index (κ1) is 17.5. The van der Waals surface area contributed by atoms with Gasteiger partial charge in [-0.3, -0.25) is 4.79 Å². The van der Waals surface area contributed by atoms with Gasteiger partial charge in [-0.05, 0) is 29.0 Å². The zero-order valence-electron chi connectivity index (χ0n) is 15.1. The van der Waals surface area contributed by atoms with Crippen LogP contribution in [0.15, 0.2) is 33.9 Å². The Morgan fingerprint density at radius 3 is 2.88 bits per heavy atom. The molecule has 1 atom stereocenters.